The van der Waals surface area contributed by atoms with E-state index in [1.807, 2.05) is 48.9 Å². The number of aromatic nitrogens is 3. The number of halogens is 1. The second kappa shape index (κ2) is 8.14. The lowest BCUT2D eigenvalue weighted by Gasteiger charge is -2.20. The summed E-state index contributed by atoms with van der Waals surface area (Å²) in [5.41, 5.74) is 1.66. The monoisotopic (exact) mass is 370 g/mol. The number of anilines is 1. The van der Waals surface area contributed by atoms with Gasteiger partial charge in [-0.1, -0.05) is 42.1 Å². The molecule has 26 heavy (non-hydrogen) atoms. The Bertz CT molecular complexity index is 880. The number of nitrogens with zero attached hydrogens (tertiary/aromatic N) is 4. The molecule has 0 spiro atoms. The second-order valence-electron chi connectivity index (χ2n) is 5.63. The van der Waals surface area contributed by atoms with E-state index in [9.17, 15) is 9.18 Å². The number of benzene rings is 2. The fourth-order valence-electron chi connectivity index (χ4n) is 2.61. The SMILES string of the molecule is CCN(C(=O)CSc1nnc(-c2ccccc2)n1C)c1ccc(F)cc1. The smallest absolute Gasteiger partial charge is 0.237 e. The van der Waals surface area contributed by atoms with Gasteiger partial charge in [0.1, 0.15) is 5.82 Å². The molecule has 1 heterocycles. The van der Waals surface area contributed by atoms with E-state index >= 15 is 0 Å². The van der Waals surface area contributed by atoms with Gasteiger partial charge in [0, 0.05) is 24.8 Å². The van der Waals surface area contributed by atoms with Crippen molar-refractivity contribution in [1.82, 2.24) is 14.8 Å². The number of rotatable bonds is 6. The van der Waals surface area contributed by atoms with E-state index in [0.29, 0.717) is 17.4 Å². The van der Waals surface area contributed by atoms with Crippen molar-refractivity contribution in [1.29, 1.82) is 0 Å². The van der Waals surface area contributed by atoms with Crippen molar-refractivity contribution in [3.63, 3.8) is 0 Å². The minimum atomic E-state index is -0.320. The summed E-state index contributed by atoms with van der Waals surface area (Å²) in [4.78, 5) is 14.2. The molecule has 0 fully saturated rings. The molecule has 0 atom stereocenters. The number of carbonyl (C=O) groups excluding carboxylic acids is 1. The van der Waals surface area contributed by atoms with E-state index in [2.05, 4.69) is 10.2 Å². The predicted molar refractivity (Wildman–Crippen MR) is 102 cm³/mol. The summed E-state index contributed by atoms with van der Waals surface area (Å²) >= 11 is 1.34. The van der Waals surface area contributed by atoms with Crippen LogP contribution in [0.1, 0.15) is 6.92 Å². The molecule has 0 saturated carbocycles. The Morgan fingerprint density at radius 2 is 1.81 bits per heavy atom. The molecule has 134 valence electrons. The van der Waals surface area contributed by atoms with Gasteiger partial charge < -0.3 is 9.47 Å². The summed E-state index contributed by atoms with van der Waals surface area (Å²) in [7, 11) is 1.88. The molecule has 3 rings (SSSR count). The van der Waals surface area contributed by atoms with Crippen LogP contribution >= 0.6 is 11.8 Å². The molecule has 0 aliphatic heterocycles. The zero-order valence-corrected chi connectivity index (χ0v) is 15.4. The van der Waals surface area contributed by atoms with Gasteiger partial charge in [-0.15, -0.1) is 10.2 Å². The lowest BCUT2D eigenvalue weighted by atomic mass is 10.2. The Morgan fingerprint density at radius 3 is 2.46 bits per heavy atom. The average Bonchev–Trinajstić information content (AvgIpc) is 3.03. The first-order valence-corrected chi connectivity index (χ1v) is 9.22. The van der Waals surface area contributed by atoms with Crippen LogP contribution in [-0.4, -0.2) is 33.0 Å². The summed E-state index contributed by atoms with van der Waals surface area (Å²) in [6.07, 6.45) is 0. The molecule has 7 heteroatoms. The van der Waals surface area contributed by atoms with Crippen LogP contribution in [0.2, 0.25) is 0 Å². The van der Waals surface area contributed by atoms with Crippen molar-refractivity contribution >= 4 is 23.4 Å². The Labute approximate surface area is 155 Å². The predicted octanol–water partition coefficient (Wildman–Crippen LogP) is 3.77. The van der Waals surface area contributed by atoms with Gasteiger partial charge in [0.2, 0.25) is 5.91 Å². The highest BCUT2D eigenvalue weighted by Gasteiger charge is 2.17. The summed E-state index contributed by atoms with van der Waals surface area (Å²) in [6.45, 7) is 2.40. The van der Waals surface area contributed by atoms with Crippen molar-refractivity contribution in [3.05, 3.63) is 60.4 Å². The van der Waals surface area contributed by atoms with Crippen LogP contribution in [0.4, 0.5) is 10.1 Å². The quantitative estimate of drug-likeness (QED) is 0.620. The van der Waals surface area contributed by atoms with Gasteiger partial charge in [-0.3, -0.25) is 4.79 Å². The number of hydrogen-bond acceptors (Lipinski definition) is 4. The van der Waals surface area contributed by atoms with Crippen LogP contribution in [0.5, 0.6) is 0 Å². The molecule has 0 unspecified atom stereocenters. The van der Waals surface area contributed by atoms with E-state index in [4.69, 9.17) is 0 Å². The molecule has 1 amide bonds. The molecular weight excluding hydrogens is 351 g/mol. The molecule has 5 nitrogen and oxygen atoms in total. The largest absolute Gasteiger partial charge is 0.312 e. The van der Waals surface area contributed by atoms with E-state index in [1.54, 1.807) is 17.0 Å². The van der Waals surface area contributed by atoms with Crippen molar-refractivity contribution in [2.75, 3.05) is 17.2 Å². The summed E-state index contributed by atoms with van der Waals surface area (Å²) < 4.78 is 15.0. The average molecular weight is 370 g/mol. The third-order valence-corrected chi connectivity index (χ3v) is 4.95. The summed E-state index contributed by atoms with van der Waals surface area (Å²) in [6, 6.07) is 15.7. The molecule has 0 aliphatic carbocycles. The first-order valence-electron chi connectivity index (χ1n) is 8.23. The van der Waals surface area contributed by atoms with Crippen LogP contribution in [-0.2, 0) is 11.8 Å². The van der Waals surface area contributed by atoms with Gasteiger partial charge in [-0.2, -0.15) is 0 Å². The van der Waals surface area contributed by atoms with Crippen molar-refractivity contribution < 1.29 is 9.18 Å². The Morgan fingerprint density at radius 1 is 1.12 bits per heavy atom. The molecule has 0 radical (unpaired) electrons. The first kappa shape index (κ1) is 18.1. The van der Waals surface area contributed by atoms with Crippen molar-refractivity contribution in [2.45, 2.75) is 12.1 Å². The standard InChI is InChI=1S/C19H19FN4OS/c1-3-24(16-11-9-15(20)10-12-16)17(25)13-26-19-22-21-18(23(19)2)14-7-5-4-6-8-14/h4-12H,3,13H2,1-2H3. The second-order valence-corrected chi connectivity index (χ2v) is 6.58. The summed E-state index contributed by atoms with van der Waals surface area (Å²) in [5.74, 6) is 0.602. The van der Waals surface area contributed by atoms with Gasteiger partial charge in [0.15, 0.2) is 11.0 Å². The van der Waals surface area contributed by atoms with Gasteiger partial charge in [-0.05, 0) is 31.2 Å². The highest BCUT2D eigenvalue weighted by Crippen LogP contribution is 2.23. The van der Waals surface area contributed by atoms with E-state index in [0.717, 1.165) is 11.4 Å². The van der Waals surface area contributed by atoms with Crippen molar-refractivity contribution in [3.8, 4) is 11.4 Å². The van der Waals surface area contributed by atoms with Crippen LogP contribution in [0.15, 0.2) is 59.8 Å². The van der Waals surface area contributed by atoms with E-state index in [-0.39, 0.29) is 17.5 Å². The number of hydrogen-bond donors (Lipinski definition) is 0. The molecule has 0 aliphatic rings. The molecule has 2 aromatic carbocycles. The van der Waals surface area contributed by atoms with Gasteiger partial charge in [0.25, 0.3) is 0 Å². The normalized spacial score (nSPS) is 10.7. The zero-order valence-electron chi connectivity index (χ0n) is 14.6. The van der Waals surface area contributed by atoms with Crippen LogP contribution < -0.4 is 4.90 Å². The third-order valence-electron chi connectivity index (χ3n) is 3.95. The number of carbonyl (C=O) groups is 1. The fourth-order valence-corrected chi connectivity index (χ4v) is 3.39. The minimum absolute atomic E-state index is 0.0617. The maximum absolute atomic E-state index is 13.1. The molecule has 0 saturated heterocycles. The van der Waals surface area contributed by atoms with Gasteiger partial charge in [-0.25, -0.2) is 4.39 Å². The zero-order chi connectivity index (χ0) is 18.5. The van der Waals surface area contributed by atoms with E-state index in [1.165, 1.54) is 23.9 Å². The van der Waals surface area contributed by atoms with Crippen LogP contribution in [0.25, 0.3) is 11.4 Å². The van der Waals surface area contributed by atoms with E-state index < -0.39 is 0 Å². The lowest BCUT2D eigenvalue weighted by Crippen LogP contribution is -2.32. The molecule has 1 aromatic heterocycles. The van der Waals surface area contributed by atoms with Gasteiger partial charge in [0.05, 0.1) is 5.75 Å². The maximum Gasteiger partial charge on any atom is 0.237 e. The maximum atomic E-state index is 13.1. The highest BCUT2D eigenvalue weighted by molar-refractivity contribution is 7.99. The Hall–Kier alpha value is -2.67. The van der Waals surface area contributed by atoms with Gasteiger partial charge >= 0.3 is 0 Å². The van der Waals surface area contributed by atoms with Crippen LogP contribution in [0.3, 0.4) is 0 Å². The number of thioether (sulfide) groups is 1. The molecule has 0 N–H and O–H groups in total. The Kier molecular flexibility index (Phi) is 5.68. The highest BCUT2D eigenvalue weighted by atomic mass is 32.2. The summed E-state index contributed by atoms with van der Waals surface area (Å²) in [5, 5.41) is 9.09. The first-order chi connectivity index (χ1) is 12.6. The fraction of sp³-hybridized carbons (Fsp3) is 0.211. The van der Waals surface area contributed by atoms with Crippen LogP contribution in [0, 0.1) is 5.82 Å². The Balaban J connectivity index is 1.69. The minimum Gasteiger partial charge on any atom is -0.312 e. The van der Waals surface area contributed by atoms with Crippen molar-refractivity contribution in [2.24, 2.45) is 7.05 Å². The topological polar surface area (TPSA) is 51.0 Å². The molecular formula is C19H19FN4OS. The number of amides is 1. The molecule has 3 aromatic rings. The molecule has 0 bridgehead atoms. The lowest BCUT2D eigenvalue weighted by molar-refractivity contribution is -0.116. The third kappa shape index (κ3) is 3.94.